The molecule has 0 atom stereocenters. The van der Waals surface area contributed by atoms with E-state index >= 15 is 0 Å². The van der Waals surface area contributed by atoms with Crippen LogP contribution in [0, 0.1) is 13.8 Å². The van der Waals surface area contributed by atoms with Crippen LogP contribution in [-0.2, 0) is 16.3 Å². The standard InChI is InChI=1S/C18H17BN2O3S/c1-12-3-5-14(6-4-12)15-7-9-16(10-8-15)25(22,23)21-18-17(11-19)13(2)20-24-18/h3-10,21H,11H2,1-2H3. The summed E-state index contributed by atoms with van der Waals surface area (Å²) in [6.45, 7) is 3.73. The van der Waals surface area contributed by atoms with Crippen LogP contribution < -0.4 is 4.72 Å². The molecule has 126 valence electrons. The number of aromatic nitrogens is 1. The highest BCUT2D eigenvalue weighted by atomic mass is 32.2. The second-order valence-electron chi connectivity index (χ2n) is 5.78. The summed E-state index contributed by atoms with van der Waals surface area (Å²) in [7, 11) is 1.84. The van der Waals surface area contributed by atoms with Crippen molar-refractivity contribution in [1.82, 2.24) is 5.16 Å². The molecule has 0 bridgehead atoms. The molecule has 0 unspecified atom stereocenters. The molecule has 2 radical (unpaired) electrons. The maximum atomic E-state index is 12.5. The average Bonchev–Trinajstić information content (AvgIpc) is 2.94. The van der Waals surface area contributed by atoms with Crippen molar-refractivity contribution in [3.63, 3.8) is 0 Å². The van der Waals surface area contributed by atoms with Gasteiger partial charge in [0.15, 0.2) is 0 Å². The Balaban J connectivity index is 1.86. The van der Waals surface area contributed by atoms with Gasteiger partial charge in [-0.1, -0.05) is 53.4 Å². The summed E-state index contributed by atoms with van der Waals surface area (Å²) in [4.78, 5) is 0.139. The third-order valence-electron chi connectivity index (χ3n) is 3.97. The van der Waals surface area contributed by atoms with Crippen LogP contribution in [0.2, 0.25) is 0 Å². The molecule has 0 spiro atoms. The van der Waals surface area contributed by atoms with Gasteiger partial charge in [0.05, 0.1) is 18.4 Å². The number of anilines is 1. The van der Waals surface area contributed by atoms with Crippen LogP contribution in [-0.4, -0.2) is 21.4 Å². The van der Waals surface area contributed by atoms with Gasteiger partial charge in [0.2, 0.25) is 5.88 Å². The normalized spacial score (nSPS) is 11.4. The van der Waals surface area contributed by atoms with Crippen LogP contribution in [0.1, 0.15) is 16.8 Å². The Kier molecular flexibility index (Phi) is 4.68. The summed E-state index contributed by atoms with van der Waals surface area (Å²) in [5.74, 6) is 0.0580. The van der Waals surface area contributed by atoms with Crippen LogP contribution in [0.15, 0.2) is 57.9 Å². The minimum absolute atomic E-state index is 0.0580. The molecule has 5 nitrogen and oxygen atoms in total. The summed E-state index contributed by atoms with van der Waals surface area (Å²) >= 11 is 0. The van der Waals surface area contributed by atoms with Gasteiger partial charge in [0.25, 0.3) is 10.0 Å². The van der Waals surface area contributed by atoms with Crippen LogP contribution >= 0.6 is 0 Å². The summed E-state index contributed by atoms with van der Waals surface area (Å²) in [6.07, 6.45) is 0.138. The van der Waals surface area contributed by atoms with Gasteiger partial charge in [-0.05, 0) is 37.1 Å². The molecule has 0 amide bonds. The van der Waals surface area contributed by atoms with Crippen LogP contribution in [0.3, 0.4) is 0 Å². The van der Waals surface area contributed by atoms with Gasteiger partial charge < -0.3 is 4.52 Å². The van der Waals surface area contributed by atoms with Crippen molar-refractivity contribution in [2.75, 3.05) is 4.72 Å². The van der Waals surface area contributed by atoms with Crippen LogP contribution in [0.4, 0.5) is 5.88 Å². The first-order valence-corrected chi connectivity index (χ1v) is 9.24. The fraction of sp³-hybridized carbons (Fsp3) is 0.167. The average molecular weight is 352 g/mol. The van der Waals surface area contributed by atoms with E-state index in [-0.39, 0.29) is 17.1 Å². The summed E-state index contributed by atoms with van der Waals surface area (Å²) in [6, 6.07) is 14.7. The highest BCUT2D eigenvalue weighted by Gasteiger charge is 2.20. The first-order valence-electron chi connectivity index (χ1n) is 7.76. The SMILES string of the molecule is [B]Cc1c(C)noc1NS(=O)(=O)c1ccc(-c2ccc(C)cc2)cc1. The van der Waals surface area contributed by atoms with E-state index in [1.165, 1.54) is 5.56 Å². The van der Waals surface area contributed by atoms with Gasteiger partial charge in [-0.3, -0.25) is 0 Å². The zero-order valence-corrected chi connectivity index (χ0v) is 14.8. The molecule has 1 N–H and O–H groups in total. The van der Waals surface area contributed by atoms with Crippen LogP contribution in [0.5, 0.6) is 0 Å². The van der Waals surface area contributed by atoms with Crippen molar-refractivity contribution in [2.24, 2.45) is 0 Å². The molecule has 25 heavy (non-hydrogen) atoms. The third-order valence-corrected chi connectivity index (χ3v) is 5.31. The second kappa shape index (κ2) is 6.76. The first-order chi connectivity index (χ1) is 11.9. The lowest BCUT2D eigenvalue weighted by Crippen LogP contribution is -2.13. The Morgan fingerprint density at radius 2 is 1.56 bits per heavy atom. The smallest absolute Gasteiger partial charge is 0.264 e. The van der Waals surface area contributed by atoms with E-state index in [0.717, 1.165) is 11.1 Å². The predicted molar refractivity (Wildman–Crippen MR) is 98.1 cm³/mol. The Morgan fingerprint density at radius 3 is 2.12 bits per heavy atom. The van der Waals surface area contributed by atoms with Gasteiger partial charge in [-0.2, -0.15) is 0 Å². The second-order valence-corrected chi connectivity index (χ2v) is 7.46. The zero-order chi connectivity index (χ0) is 18.0. The number of sulfonamides is 1. The topological polar surface area (TPSA) is 72.2 Å². The molecule has 1 aromatic heterocycles. The zero-order valence-electron chi connectivity index (χ0n) is 14.0. The lowest BCUT2D eigenvalue weighted by Gasteiger charge is -2.08. The number of hydrogen-bond donors (Lipinski definition) is 1. The lowest BCUT2D eigenvalue weighted by atomic mass is 9.97. The predicted octanol–water partition coefficient (Wildman–Crippen LogP) is 3.43. The molecule has 1 heterocycles. The Labute approximate surface area is 148 Å². The fourth-order valence-electron chi connectivity index (χ4n) is 2.46. The lowest BCUT2D eigenvalue weighted by molar-refractivity contribution is 0.430. The van der Waals surface area contributed by atoms with E-state index in [0.29, 0.717) is 11.3 Å². The monoisotopic (exact) mass is 352 g/mol. The largest absolute Gasteiger partial charge is 0.337 e. The van der Waals surface area contributed by atoms with Gasteiger partial charge >= 0.3 is 0 Å². The van der Waals surface area contributed by atoms with E-state index in [1.54, 1.807) is 31.2 Å². The molecule has 3 rings (SSSR count). The molecule has 0 fully saturated rings. The van der Waals surface area contributed by atoms with E-state index in [9.17, 15) is 8.42 Å². The quantitative estimate of drug-likeness (QED) is 0.714. The molecule has 0 aliphatic rings. The summed E-state index contributed by atoms with van der Waals surface area (Å²) in [5, 5.41) is 3.74. The maximum Gasteiger partial charge on any atom is 0.264 e. The molecule has 0 aliphatic heterocycles. The molecule has 2 aromatic carbocycles. The molecule has 0 saturated heterocycles. The molecule has 7 heteroatoms. The van der Waals surface area contributed by atoms with Crippen molar-refractivity contribution < 1.29 is 12.9 Å². The van der Waals surface area contributed by atoms with E-state index in [2.05, 4.69) is 9.88 Å². The highest BCUT2D eigenvalue weighted by molar-refractivity contribution is 7.92. The van der Waals surface area contributed by atoms with Gasteiger partial charge in [-0.25, -0.2) is 13.1 Å². The van der Waals surface area contributed by atoms with Crippen LogP contribution in [0.25, 0.3) is 11.1 Å². The van der Waals surface area contributed by atoms with Gasteiger partial charge in [0, 0.05) is 5.56 Å². The Morgan fingerprint density at radius 1 is 1.00 bits per heavy atom. The Bertz CT molecular complexity index is 978. The van der Waals surface area contributed by atoms with Gasteiger partial charge in [-0.15, -0.1) is 0 Å². The van der Waals surface area contributed by atoms with Crippen molar-refractivity contribution in [2.45, 2.75) is 25.1 Å². The summed E-state index contributed by atoms with van der Waals surface area (Å²) < 4.78 is 32.5. The number of nitrogens with zero attached hydrogens (tertiary/aromatic N) is 1. The Hall–Kier alpha value is -2.54. The molecule has 0 aliphatic carbocycles. The van der Waals surface area contributed by atoms with E-state index < -0.39 is 10.0 Å². The maximum absolute atomic E-state index is 12.5. The molecular weight excluding hydrogens is 335 g/mol. The number of hydrogen-bond acceptors (Lipinski definition) is 4. The van der Waals surface area contributed by atoms with E-state index in [4.69, 9.17) is 12.4 Å². The minimum atomic E-state index is -3.78. The van der Waals surface area contributed by atoms with Crippen molar-refractivity contribution in [1.29, 1.82) is 0 Å². The molecule has 3 aromatic rings. The number of benzene rings is 2. The molecular formula is C18H17BN2O3S. The molecule has 0 saturated carbocycles. The first kappa shape index (κ1) is 17.3. The summed E-state index contributed by atoms with van der Waals surface area (Å²) in [5.41, 5.74) is 4.25. The van der Waals surface area contributed by atoms with Gasteiger partial charge in [0.1, 0.15) is 0 Å². The third kappa shape index (κ3) is 3.61. The van der Waals surface area contributed by atoms with E-state index in [1.807, 2.05) is 31.2 Å². The van der Waals surface area contributed by atoms with Crippen molar-refractivity contribution >= 4 is 23.8 Å². The van der Waals surface area contributed by atoms with Crippen molar-refractivity contribution in [3.05, 3.63) is 65.4 Å². The number of aryl methyl sites for hydroxylation is 2. The minimum Gasteiger partial charge on any atom is -0.337 e. The fourth-order valence-corrected chi connectivity index (χ4v) is 3.48. The number of nitrogens with one attached hydrogen (secondary N) is 1. The van der Waals surface area contributed by atoms with Crippen molar-refractivity contribution in [3.8, 4) is 11.1 Å². The highest BCUT2D eigenvalue weighted by Crippen LogP contribution is 2.25. The number of rotatable bonds is 5.